The molecule has 3 heteroatoms. The number of halogens is 1. The first kappa shape index (κ1) is 11.4. The lowest BCUT2D eigenvalue weighted by Gasteiger charge is -2.23. The molecule has 0 aliphatic carbocycles. The molecule has 2 nitrogen and oxygen atoms in total. The molecule has 16 heavy (non-hydrogen) atoms. The number of ether oxygens (including phenoxy) is 1. The minimum absolute atomic E-state index is 0.178. The van der Waals surface area contributed by atoms with Crippen LogP contribution in [0.4, 0.5) is 4.39 Å². The lowest BCUT2D eigenvalue weighted by atomic mass is 10.1. The molecule has 1 heterocycles. The highest BCUT2D eigenvalue weighted by molar-refractivity contribution is 5.28. The zero-order valence-corrected chi connectivity index (χ0v) is 9.63. The van der Waals surface area contributed by atoms with Crippen LogP contribution in [0, 0.1) is 12.7 Å². The second kappa shape index (κ2) is 5.30. The summed E-state index contributed by atoms with van der Waals surface area (Å²) >= 11 is 0. The third-order valence-corrected chi connectivity index (χ3v) is 2.99. The Balaban J connectivity index is 1.86. The van der Waals surface area contributed by atoms with Gasteiger partial charge in [0.05, 0.1) is 0 Å². The van der Waals surface area contributed by atoms with Crippen molar-refractivity contribution in [3.05, 3.63) is 29.6 Å². The van der Waals surface area contributed by atoms with E-state index in [1.165, 1.54) is 25.3 Å². The molecule has 0 amide bonds. The van der Waals surface area contributed by atoms with Crippen LogP contribution in [-0.4, -0.2) is 19.2 Å². The fourth-order valence-electron chi connectivity index (χ4n) is 1.97. The molecule has 0 radical (unpaired) electrons. The van der Waals surface area contributed by atoms with Gasteiger partial charge in [-0.25, -0.2) is 4.39 Å². The number of benzene rings is 1. The Labute approximate surface area is 95.8 Å². The summed E-state index contributed by atoms with van der Waals surface area (Å²) in [5.74, 6) is 0.578. The summed E-state index contributed by atoms with van der Waals surface area (Å²) in [4.78, 5) is 0. The SMILES string of the molecule is Cc1cc(OCC2CCCCN2)ccc1F. The van der Waals surface area contributed by atoms with Gasteiger partial charge in [-0.05, 0) is 50.1 Å². The van der Waals surface area contributed by atoms with Gasteiger partial charge in [0.2, 0.25) is 0 Å². The Morgan fingerprint density at radius 1 is 1.44 bits per heavy atom. The topological polar surface area (TPSA) is 21.3 Å². The summed E-state index contributed by atoms with van der Waals surface area (Å²) in [6, 6.07) is 5.33. The lowest BCUT2D eigenvalue weighted by molar-refractivity contribution is 0.238. The molecule has 1 unspecified atom stereocenters. The largest absolute Gasteiger partial charge is 0.492 e. The third-order valence-electron chi connectivity index (χ3n) is 2.99. The van der Waals surface area contributed by atoms with Crippen LogP contribution in [0.3, 0.4) is 0 Å². The van der Waals surface area contributed by atoms with Crippen LogP contribution < -0.4 is 10.1 Å². The predicted molar refractivity (Wildman–Crippen MR) is 62.3 cm³/mol. The summed E-state index contributed by atoms with van der Waals surface area (Å²) in [5, 5.41) is 3.42. The molecule has 0 aromatic heterocycles. The van der Waals surface area contributed by atoms with Crippen LogP contribution >= 0.6 is 0 Å². The molecule has 1 N–H and O–H groups in total. The maximum atomic E-state index is 13.0. The molecular weight excluding hydrogens is 205 g/mol. The molecule has 0 saturated carbocycles. The monoisotopic (exact) mass is 223 g/mol. The molecule has 88 valence electrons. The second-order valence-electron chi connectivity index (χ2n) is 4.37. The third kappa shape index (κ3) is 2.95. The van der Waals surface area contributed by atoms with Gasteiger partial charge in [0, 0.05) is 6.04 Å². The van der Waals surface area contributed by atoms with Crippen LogP contribution in [0.2, 0.25) is 0 Å². The summed E-state index contributed by atoms with van der Waals surface area (Å²) in [6.45, 7) is 3.50. The Hall–Kier alpha value is -1.09. The number of aryl methyl sites for hydroxylation is 1. The highest BCUT2D eigenvalue weighted by Crippen LogP contribution is 2.17. The van der Waals surface area contributed by atoms with Crippen molar-refractivity contribution in [2.45, 2.75) is 32.2 Å². The lowest BCUT2D eigenvalue weighted by Crippen LogP contribution is -2.38. The first-order valence-corrected chi connectivity index (χ1v) is 5.88. The van der Waals surface area contributed by atoms with Crippen molar-refractivity contribution in [3.8, 4) is 5.75 Å². The Bertz CT molecular complexity index is 348. The molecule has 0 bridgehead atoms. The van der Waals surface area contributed by atoms with Gasteiger partial charge in [-0.3, -0.25) is 0 Å². The molecular formula is C13H18FNO. The highest BCUT2D eigenvalue weighted by atomic mass is 19.1. The van der Waals surface area contributed by atoms with Crippen LogP contribution in [0.1, 0.15) is 24.8 Å². The van der Waals surface area contributed by atoms with Gasteiger partial charge in [0.1, 0.15) is 18.2 Å². The van der Waals surface area contributed by atoms with Crippen molar-refractivity contribution < 1.29 is 9.13 Å². The summed E-state index contributed by atoms with van der Waals surface area (Å²) in [7, 11) is 0. The Morgan fingerprint density at radius 3 is 3.00 bits per heavy atom. The number of nitrogens with one attached hydrogen (secondary N) is 1. The van der Waals surface area contributed by atoms with Gasteiger partial charge in [0.15, 0.2) is 0 Å². The van der Waals surface area contributed by atoms with Crippen LogP contribution in [0.5, 0.6) is 5.75 Å². The van der Waals surface area contributed by atoms with E-state index >= 15 is 0 Å². The van der Waals surface area contributed by atoms with Crippen LogP contribution in [0.15, 0.2) is 18.2 Å². The van der Waals surface area contributed by atoms with E-state index in [1.54, 1.807) is 19.1 Å². The van der Waals surface area contributed by atoms with Gasteiger partial charge in [-0.15, -0.1) is 0 Å². The zero-order chi connectivity index (χ0) is 11.4. The maximum Gasteiger partial charge on any atom is 0.126 e. The van der Waals surface area contributed by atoms with E-state index in [1.807, 2.05) is 0 Å². The quantitative estimate of drug-likeness (QED) is 0.850. The molecule has 1 aliphatic heterocycles. The fraction of sp³-hybridized carbons (Fsp3) is 0.538. The van der Waals surface area contributed by atoms with E-state index in [0.29, 0.717) is 18.2 Å². The van der Waals surface area contributed by atoms with E-state index in [-0.39, 0.29) is 5.82 Å². The molecule has 0 spiro atoms. The second-order valence-corrected chi connectivity index (χ2v) is 4.37. The van der Waals surface area contributed by atoms with Gasteiger partial charge in [-0.2, -0.15) is 0 Å². The van der Waals surface area contributed by atoms with E-state index in [0.717, 1.165) is 12.3 Å². The molecule has 1 saturated heterocycles. The van der Waals surface area contributed by atoms with Crippen LogP contribution in [-0.2, 0) is 0 Å². The number of hydrogen-bond donors (Lipinski definition) is 1. The van der Waals surface area contributed by atoms with Gasteiger partial charge in [-0.1, -0.05) is 6.42 Å². The van der Waals surface area contributed by atoms with Crippen molar-refractivity contribution in [1.29, 1.82) is 0 Å². The molecule has 1 fully saturated rings. The summed E-state index contributed by atoms with van der Waals surface area (Å²) < 4.78 is 18.7. The fourth-order valence-corrected chi connectivity index (χ4v) is 1.97. The predicted octanol–water partition coefficient (Wildman–Crippen LogP) is 2.66. The summed E-state index contributed by atoms with van der Waals surface area (Å²) in [5.41, 5.74) is 0.633. The van der Waals surface area contributed by atoms with Gasteiger partial charge < -0.3 is 10.1 Å². The van der Waals surface area contributed by atoms with E-state index < -0.39 is 0 Å². The van der Waals surface area contributed by atoms with E-state index in [2.05, 4.69) is 5.32 Å². The first-order chi connectivity index (χ1) is 7.75. The van der Waals surface area contributed by atoms with Crippen molar-refractivity contribution >= 4 is 0 Å². The molecule has 1 aromatic carbocycles. The average Bonchev–Trinajstić information content (AvgIpc) is 2.32. The minimum Gasteiger partial charge on any atom is -0.492 e. The summed E-state index contributed by atoms with van der Waals surface area (Å²) in [6.07, 6.45) is 3.69. The minimum atomic E-state index is -0.178. The molecule has 1 aliphatic rings. The molecule has 1 aromatic rings. The van der Waals surface area contributed by atoms with Crippen molar-refractivity contribution in [2.75, 3.05) is 13.2 Å². The molecule has 2 rings (SSSR count). The number of rotatable bonds is 3. The van der Waals surface area contributed by atoms with Gasteiger partial charge >= 0.3 is 0 Å². The van der Waals surface area contributed by atoms with Crippen molar-refractivity contribution in [3.63, 3.8) is 0 Å². The normalized spacial score (nSPS) is 20.8. The zero-order valence-electron chi connectivity index (χ0n) is 9.63. The number of piperidine rings is 1. The Kier molecular flexibility index (Phi) is 3.78. The Morgan fingerprint density at radius 2 is 2.31 bits per heavy atom. The van der Waals surface area contributed by atoms with Crippen molar-refractivity contribution in [2.24, 2.45) is 0 Å². The number of hydrogen-bond acceptors (Lipinski definition) is 2. The van der Waals surface area contributed by atoms with E-state index in [9.17, 15) is 4.39 Å². The average molecular weight is 223 g/mol. The maximum absolute atomic E-state index is 13.0. The first-order valence-electron chi connectivity index (χ1n) is 5.88. The van der Waals surface area contributed by atoms with E-state index in [4.69, 9.17) is 4.74 Å². The molecule has 1 atom stereocenters. The standard InChI is InChI=1S/C13H18FNO/c1-10-8-12(5-6-13(10)14)16-9-11-4-2-3-7-15-11/h5-6,8,11,15H,2-4,7,9H2,1H3. The van der Waals surface area contributed by atoms with Crippen molar-refractivity contribution in [1.82, 2.24) is 5.32 Å². The van der Waals surface area contributed by atoms with Gasteiger partial charge in [0.25, 0.3) is 0 Å². The highest BCUT2D eigenvalue weighted by Gasteiger charge is 2.12. The smallest absolute Gasteiger partial charge is 0.126 e. The van der Waals surface area contributed by atoms with Crippen LogP contribution in [0.25, 0.3) is 0 Å².